The maximum Gasteiger partial charge on any atom is -0.00636 e. The first-order valence-electron chi connectivity index (χ1n) is 14.1. The van der Waals surface area contributed by atoms with Gasteiger partial charge in [0, 0.05) is 0 Å². The van der Waals surface area contributed by atoms with Gasteiger partial charge in [0.15, 0.2) is 0 Å². The molecule has 0 aliphatic carbocycles. The van der Waals surface area contributed by atoms with Gasteiger partial charge in [0.1, 0.15) is 0 Å². The van der Waals surface area contributed by atoms with Crippen LogP contribution in [0.1, 0.15) is 19.3 Å². The van der Waals surface area contributed by atoms with Gasteiger partial charge in [-0.05, 0) is 88.8 Å². The lowest BCUT2D eigenvalue weighted by atomic mass is 10.3. The number of rotatable bonds is 5. The van der Waals surface area contributed by atoms with Gasteiger partial charge in [-0.15, -0.1) is 0 Å². The minimum atomic E-state index is -0.457. The lowest BCUT2D eigenvalue weighted by molar-refractivity contribution is 0.783. The van der Waals surface area contributed by atoms with Crippen LogP contribution in [0, 0.1) is 0 Å². The van der Waals surface area contributed by atoms with E-state index in [1.807, 2.05) is 0 Å². The highest BCUT2D eigenvalue weighted by Crippen LogP contribution is 3.01. The highest BCUT2D eigenvalue weighted by atomic mass is 32.8. The Hall–Kier alpha value is -1.75. The fourth-order valence-electron chi connectivity index (χ4n) is 5.25. The lowest BCUT2D eigenvalue weighted by Gasteiger charge is -2.44. The molecule has 4 atom stereocenters. The molecular weight excluding hydrogens is 575 g/mol. The van der Waals surface area contributed by atoms with Crippen LogP contribution in [0.4, 0.5) is 0 Å². The zero-order chi connectivity index (χ0) is 27.0. The number of benzene rings is 5. The third kappa shape index (κ3) is 6.66. The standard InChI is InChI=1S/C35H35P5/c1-7-19-31(20-8-1)36-29-17-6-18-30-37(32-21-9-2-10-22-32)39(34-25-13-4-14-26-34)40(35-27-15-5-16-28-35)38(36)33-23-11-3-12-24-33/h1-5,7-16,19-28H,6,17-18,29-30H2. The van der Waals surface area contributed by atoms with E-state index in [1.54, 1.807) is 26.5 Å². The zero-order valence-electron chi connectivity index (χ0n) is 22.7. The summed E-state index contributed by atoms with van der Waals surface area (Å²) in [6, 6.07) is 58.4. The highest BCUT2D eigenvalue weighted by molar-refractivity contribution is 8.90. The maximum atomic E-state index is 2.48. The second kappa shape index (κ2) is 14.4. The summed E-state index contributed by atoms with van der Waals surface area (Å²) < 4.78 is 0. The Labute approximate surface area is 246 Å². The molecule has 0 saturated carbocycles. The van der Waals surface area contributed by atoms with Crippen molar-refractivity contribution in [1.82, 2.24) is 0 Å². The average molecular weight is 611 g/mol. The maximum absolute atomic E-state index is 2.48. The van der Waals surface area contributed by atoms with Gasteiger partial charge in [-0.1, -0.05) is 158 Å². The molecule has 1 saturated heterocycles. The van der Waals surface area contributed by atoms with E-state index in [-0.39, 0.29) is 15.2 Å². The van der Waals surface area contributed by atoms with E-state index in [0.29, 0.717) is 0 Å². The molecule has 0 radical (unpaired) electrons. The lowest BCUT2D eigenvalue weighted by Crippen LogP contribution is -2.15. The van der Waals surface area contributed by atoms with Crippen LogP contribution in [0.25, 0.3) is 0 Å². The average Bonchev–Trinajstić information content (AvgIpc) is 3.04. The van der Waals surface area contributed by atoms with Crippen molar-refractivity contribution in [3.05, 3.63) is 152 Å². The van der Waals surface area contributed by atoms with Crippen molar-refractivity contribution >= 4 is 63.6 Å². The Kier molecular flexibility index (Phi) is 10.2. The summed E-state index contributed by atoms with van der Waals surface area (Å²) in [6.45, 7) is 0. The van der Waals surface area contributed by atoms with Crippen LogP contribution < -0.4 is 26.5 Å². The predicted molar refractivity (Wildman–Crippen MR) is 189 cm³/mol. The van der Waals surface area contributed by atoms with Crippen molar-refractivity contribution in [2.24, 2.45) is 0 Å². The Bertz CT molecular complexity index is 1340. The zero-order valence-corrected chi connectivity index (χ0v) is 27.2. The first-order chi connectivity index (χ1) is 19.9. The van der Waals surface area contributed by atoms with Crippen LogP contribution in [-0.4, -0.2) is 12.3 Å². The van der Waals surface area contributed by atoms with E-state index in [4.69, 9.17) is 0 Å². The van der Waals surface area contributed by atoms with Gasteiger partial charge in [-0.25, -0.2) is 0 Å². The summed E-state index contributed by atoms with van der Waals surface area (Å²) in [5.74, 6) is 0. The van der Waals surface area contributed by atoms with Crippen molar-refractivity contribution in [2.75, 3.05) is 12.3 Å². The molecule has 4 unspecified atom stereocenters. The van der Waals surface area contributed by atoms with E-state index in [2.05, 4.69) is 152 Å². The van der Waals surface area contributed by atoms with Crippen LogP contribution in [0.15, 0.2) is 152 Å². The first kappa shape index (κ1) is 28.4. The smallest absolute Gasteiger partial charge is 0.00636 e. The molecule has 0 amide bonds. The Morgan fingerprint density at radius 3 is 0.875 bits per heavy atom. The summed E-state index contributed by atoms with van der Waals surface area (Å²) in [7, 11) is -1.96. The minimum absolute atomic E-state index is 0.327. The van der Waals surface area contributed by atoms with E-state index < -0.39 is 21.9 Å². The van der Waals surface area contributed by atoms with E-state index in [1.165, 1.54) is 31.6 Å². The van der Waals surface area contributed by atoms with E-state index in [0.717, 1.165) is 0 Å². The molecule has 5 aromatic carbocycles. The number of hydrogen-bond donors (Lipinski definition) is 0. The van der Waals surface area contributed by atoms with Gasteiger partial charge in [0.05, 0.1) is 0 Å². The molecule has 5 heteroatoms. The third-order valence-electron chi connectivity index (χ3n) is 7.13. The molecule has 200 valence electrons. The molecule has 1 aliphatic rings. The molecule has 40 heavy (non-hydrogen) atoms. The molecule has 1 fully saturated rings. The van der Waals surface area contributed by atoms with Crippen molar-refractivity contribution < 1.29 is 0 Å². The Morgan fingerprint density at radius 2 is 0.550 bits per heavy atom. The molecule has 0 bridgehead atoms. The summed E-state index contributed by atoms with van der Waals surface area (Å²) in [5, 5.41) is 8.02. The van der Waals surface area contributed by atoms with Crippen molar-refractivity contribution in [3.63, 3.8) is 0 Å². The number of hydrogen-bond acceptors (Lipinski definition) is 0. The van der Waals surface area contributed by atoms with Crippen LogP contribution in [0.5, 0.6) is 0 Å². The van der Waals surface area contributed by atoms with Crippen molar-refractivity contribution in [2.45, 2.75) is 19.3 Å². The van der Waals surface area contributed by atoms with Gasteiger partial charge in [0.25, 0.3) is 0 Å². The van der Waals surface area contributed by atoms with Gasteiger partial charge < -0.3 is 0 Å². The van der Waals surface area contributed by atoms with Crippen LogP contribution in [0.2, 0.25) is 0 Å². The first-order valence-corrected chi connectivity index (χ1v) is 24.0. The molecule has 0 nitrogen and oxygen atoms in total. The molecule has 1 heterocycles. The summed E-state index contributed by atoms with van der Waals surface area (Å²) in [6.07, 6.45) is 6.70. The topological polar surface area (TPSA) is 0 Å². The molecular formula is C35H35P5. The fraction of sp³-hybridized carbons (Fsp3) is 0.143. The van der Waals surface area contributed by atoms with E-state index >= 15 is 0 Å². The molecule has 6 rings (SSSR count). The molecule has 0 spiro atoms. The largest absolute Gasteiger partial charge is 0.0622 e. The van der Waals surface area contributed by atoms with Crippen LogP contribution in [-0.2, 0) is 0 Å². The van der Waals surface area contributed by atoms with Gasteiger partial charge in [0.2, 0.25) is 0 Å². The molecule has 0 aromatic heterocycles. The van der Waals surface area contributed by atoms with Crippen LogP contribution >= 0.6 is 37.1 Å². The fourth-order valence-corrected chi connectivity index (χ4v) is 48.0. The quantitative estimate of drug-likeness (QED) is 0.174. The highest BCUT2D eigenvalue weighted by Gasteiger charge is 2.41. The second-order valence-electron chi connectivity index (χ2n) is 9.85. The molecule has 0 N–H and O–H groups in total. The predicted octanol–water partition coefficient (Wildman–Crippen LogP) is 9.87. The van der Waals surface area contributed by atoms with Gasteiger partial charge >= 0.3 is 0 Å². The van der Waals surface area contributed by atoms with Crippen molar-refractivity contribution in [3.8, 4) is 0 Å². The minimum Gasteiger partial charge on any atom is -0.0622 e. The Balaban J connectivity index is 1.64. The normalized spacial score (nSPS) is 23.8. The Morgan fingerprint density at radius 1 is 0.275 bits per heavy atom. The molecule has 1 aliphatic heterocycles. The van der Waals surface area contributed by atoms with Crippen LogP contribution in [0.3, 0.4) is 0 Å². The molecule has 5 aromatic rings. The van der Waals surface area contributed by atoms with Gasteiger partial charge in [-0.3, -0.25) is 0 Å². The monoisotopic (exact) mass is 610 g/mol. The SMILES string of the molecule is c1ccc(P2CCCCCP(c3ccccc3)P(c3ccccc3)P(c3ccccc3)P2c2ccccc2)cc1. The van der Waals surface area contributed by atoms with Gasteiger partial charge in [-0.2, -0.15) is 0 Å². The summed E-state index contributed by atoms with van der Waals surface area (Å²) in [5.41, 5.74) is 0. The second-order valence-corrected chi connectivity index (χ2v) is 29.6. The van der Waals surface area contributed by atoms with E-state index in [9.17, 15) is 0 Å². The van der Waals surface area contributed by atoms with Crippen molar-refractivity contribution in [1.29, 1.82) is 0 Å². The third-order valence-corrected chi connectivity index (χ3v) is 38.8. The summed E-state index contributed by atoms with van der Waals surface area (Å²) in [4.78, 5) is 0. The summed E-state index contributed by atoms with van der Waals surface area (Å²) >= 11 is 0.